The smallest absolute Gasteiger partial charge is 0.329 e. The van der Waals surface area contributed by atoms with Crippen LogP contribution in [0.1, 0.15) is 6.42 Å². The van der Waals surface area contributed by atoms with Crippen LogP contribution in [0, 0.1) is 5.92 Å². The molecule has 24 heavy (non-hydrogen) atoms. The Labute approximate surface area is 143 Å². The number of nitrogens with zero attached hydrogens (tertiary/aromatic N) is 1. The summed E-state index contributed by atoms with van der Waals surface area (Å²) in [6.07, 6.45) is 0.470. The number of carbonyl (C=O) groups is 3. The Hall–Kier alpha value is -2.32. The number of halogens is 1. The predicted molar refractivity (Wildman–Crippen MR) is 84.9 cm³/mol. The number of carboxylic acids is 1. The number of aliphatic carboxylic acids is 1. The van der Waals surface area contributed by atoms with Gasteiger partial charge in [0.15, 0.2) is 0 Å². The van der Waals surface area contributed by atoms with Gasteiger partial charge in [0.1, 0.15) is 19.0 Å². The van der Waals surface area contributed by atoms with Gasteiger partial charge in [-0.1, -0.05) is 11.6 Å². The number of aromatic hydroxyl groups is 1. The second-order valence-corrected chi connectivity index (χ2v) is 5.80. The van der Waals surface area contributed by atoms with Crippen LogP contribution in [0.2, 0.25) is 5.02 Å². The van der Waals surface area contributed by atoms with E-state index in [1.807, 2.05) is 0 Å². The summed E-state index contributed by atoms with van der Waals surface area (Å²) in [5.74, 6) is -2.36. The van der Waals surface area contributed by atoms with Crippen LogP contribution < -0.4 is 5.32 Å². The van der Waals surface area contributed by atoms with Crippen molar-refractivity contribution in [2.24, 2.45) is 5.92 Å². The van der Waals surface area contributed by atoms with Crippen molar-refractivity contribution in [3.63, 3.8) is 0 Å². The third kappa shape index (κ3) is 4.84. The second kappa shape index (κ2) is 7.98. The minimum atomic E-state index is -1.15. The van der Waals surface area contributed by atoms with Crippen LogP contribution in [-0.2, 0) is 19.1 Å². The number of carboxylic acid groups (broad SMARTS) is 1. The fraction of sp³-hybridized carbons (Fsp3) is 0.400. The normalized spacial score (nSPS) is 16.9. The fourth-order valence-electron chi connectivity index (χ4n) is 2.36. The number of hydrogen-bond donors (Lipinski definition) is 3. The van der Waals surface area contributed by atoms with Gasteiger partial charge in [0.25, 0.3) is 0 Å². The van der Waals surface area contributed by atoms with Gasteiger partial charge in [-0.15, -0.1) is 0 Å². The summed E-state index contributed by atoms with van der Waals surface area (Å²) >= 11 is 5.82. The largest absolute Gasteiger partial charge is 0.506 e. The summed E-state index contributed by atoms with van der Waals surface area (Å²) in [7, 11) is 0. The van der Waals surface area contributed by atoms with Crippen molar-refractivity contribution in [3.8, 4) is 5.75 Å². The number of carbonyl (C=O) groups excluding carboxylic acids is 2. The summed E-state index contributed by atoms with van der Waals surface area (Å²) in [5, 5.41) is 21.1. The number of anilines is 1. The van der Waals surface area contributed by atoms with Gasteiger partial charge in [-0.25, -0.2) is 4.79 Å². The van der Waals surface area contributed by atoms with Gasteiger partial charge in [-0.3, -0.25) is 9.59 Å². The van der Waals surface area contributed by atoms with Crippen LogP contribution in [-0.4, -0.2) is 59.2 Å². The third-order valence-electron chi connectivity index (χ3n) is 3.58. The molecule has 1 aliphatic rings. The number of rotatable bonds is 6. The van der Waals surface area contributed by atoms with Gasteiger partial charge in [-0.05, 0) is 24.6 Å². The summed E-state index contributed by atoms with van der Waals surface area (Å²) in [6, 6.07) is 4.31. The number of likely N-dealkylation sites (tertiary alicyclic amines) is 1. The highest BCUT2D eigenvalue weighted by atomic mass is 35.5. The lowest BCUT2D eigenvalue weighted by atomic mass is 10.1. The van der Waals surface area contributed by atoms with Gasteiger partial charge in [0.2, 0.25) is 11.8 Å². The summed E-state index contributed by atoms with van der Waals surface area (Å²) < 4.78 is 4.75. The van der Waals surface area contributed by atoms with E-state index in [-0.39, 0.29) is 36.4 Å². The molecule has 0 aromatic heterocycles. The molecule has 2 rings (SSSR count). The van der Waals surface area contributed by atoms with Gasteiger partial charge in [-0.2, -0.15) is 0 Å². The zero-order valence-electron chi connectivity index (χ0n) is 12.7. The van der Waals surface area contributed by atoms with Crippen LogP contribution >= 0.6 is 11.6 Å². The number of hydrogen-bond acceptors (Lipinski definition) is 5. The van der Waals surface area contributed by atoms with E-state index in [2.05, 4.69) is 5.32 Å². The van der Waals surface area contributed by atoms with Crippen LogP contribution in [0.4, 0.5) is 5.69 Å². The van der Waals surface area contributed by atoms with Gasteiger partial charge in [0, 0.05) is 18.1 Å². The van der Waals surface area contributed by atoms with Crippen LogP contribution in [0.25, 0.3) is 0 Å². The molecular formula is C15H17ClN2O6. The van der Waals surface area contributed by atoms with Crippen LogP contribution in [0.15, 0.2) is 18.2 Å². The molecule has 1 fully saturated rings. The maximum atomic E-state index is 12.2. The highest BCUT2D eigenvalue weighted by Crippen LogP contribution is 2.28. The number of amides is 2. The van der Waals surface area contributed by atoms with Gasteiger partial charge >= 0.3 is 5.97 Å². The molecule has 0 bridgehead atoms. The Morgan fingerprint density at radius 3 is 2.79 bits per heavy atom. The first-order chi connectivity index (χ1) is 11.4. The number of phenols is 1. The van der Waals surface area contributed by atoms with Crippen molar-refractivity contribution < 1.29 is 29.3 Å². The molecule has 1 aromatic rings. The van der Waals surface area contributed by atoms with Crippen LogP contribution in [0.5, 0.6) is 5.75 Å². The zero-order chi connectivity index (χ0) is 17.7. The SMILES string of the molecule is O=C(O)COCC(=O)N1CC[C@H](C(=O)Nc2cc(Cl)ccc2O)C1. The molecule has 0 aliphatic carbocycles. The topological polar surface area (TPSA) is 116 Å². The highest BCUT2D eigenvalue weighted by Gasteiger charge is 2.31. The average molecular weight is 357 g/mol. The molecule has 8 nitrogen and oxygen atoms in total. The Morgan fingerprint density at radius 1 is 1.33 bits per heavy atom. The van der Waals surface area contributed by atoms with E-state index in [1.54, 1.807) is 0 Å². The molecular weight excluding hydrogens is 340 g/mol. The van der Waals surface area contributed by atoms with Gasteiger partial charge < -0.3 is 25.2 Å². The van der Waals surface area contributed by atoms with Crippen LogP contribution in [0.3, 0.4) is 0 Å². The lowest BCUT2D eigenvalue weighted by Gasteiger charge is -2.16. The molecule has 2 amide bonds. The Morgan fingerprint density at radius 2 is 2.08 bits per heavy atom. The molecule has 1 atom stereocenters. The molecule has 0 saturated carbocycles. The number of nitrogens with one attached hydrogen (secondary N) is 1. The van der Waals surface area contributed by atoms with Crippen molar-refractivity contribution in [1.29, 1.82) is 0 Å². The van der Waals surface area contributed by atoms with E-state index >= 15 is 0 Å². The quantitative estimate of drug-likeness (QED) is 0.653. The van der Waals surface area contributed by atoms with E-state index in [0.717, 1.165) is 0 Å². The van der Waals surface area contributed by atoms with Crippen molar-refractivity contribution in [3.05, 3.63) is 23.2 Å². The fourth-order valence-corrected chi connectivity index (χ4v) is 2.53. The molecule has 1 aromatic carbocycles. The minimum absolute atomic E-state index is 0.0965. The van der Waals surface area contributed by atoms with E-state index < -0.39 is 18.5 Å². The standard InChI is InChI=1S/C15H17ClN2O6/c16-10-1-2-12(19)11(5-10)17-15(23)9-3-4-18(6-9)13(20)7-24-8-14(21)22/h1-2,5,9,19H,3-4,6-8H2,(H,17,23)(H,21,22)/t9-/m0/s1. The summed E-state index contributed by atoms with van der Waals surface area (Å²) in [4.78, 5) is 35.9. The lowest BCUT2D eigenvalue weighted by Crippen LogP contribution is -2.34. The molecule has 130 valence electrons. The molecule has 0 spiro atoms. The average Bonchev–Trinajstić information content (AvgIpc) is 3.00. The first kappa shape index (κ1) is 18.0. The monoisotopic (exact) mass is 356 g/mol. The summed E-state index contributed by atoms with van der Waals surface area (Å²) in [6.45, 7) is -0.287. The zero-order valence-corrected chi connectivity index (χ0v) is 13.5. The second-order valence-electron chi connectivity index (χ2n) is 5.36. The first-order valence-corrected chi connectivity index (χ1v) is 7.61. The summed E-state index contributed by atoms with van der Waals surface area (Å²) in [5.41, 5.74) is 0.210. The van der Waals surface area contributed by atoms with Crippen molar-refractivity contribution in [1.82, 2.24) is 4.90 Å². The Kier molecular flexibility index (Phi) is 5.99. The Bertz CT molecular complexity index is 651. The minimum Gasteiger partial charge on any atom is -0.506 e. The van der Waals surface area contributed by atoms with Crippen molar-refractivity contribution in [2.45, 2.75) is 6.42 Å². The van der Waals surface area contributed by atoms with E-state index in [0.29, 0.717) is 18.0 Å². The third-order valence-corrected chi connectivity index (χ3v) is 3.81. The number of ether oxygens (including phenoxy) is 1. The predicted octanol–water partition coefficient (Wildman–Crippen LogP) is 0.934. The van der Waals surface area contributed by atoms with E-state index in [4.69, 9.17) is 21.4 Å². The molecule has 3 N–H and O–H groups in total. The first-order valence-electron chi connectivity index (χ1n) is 7.23. The molecule has 1 saturated heterocycles. The molecule has 1 heterocycles. The molecule has 1 aliphatic heterocycles. The Balaban J connectivity index is 1.86. The van der Waals surface area contributed by atoms with Crippen molar-refractivity contribution >= 4 is 35.1 Å². The molecule has 0 unspecified atom stereocenters. The lowest BCUT2D eigenvalue weighted by molar-refractivity contribution is -0.145. The molecule has 0 radical (unpaired) electrons. The molecule has 9 heteroatoms. The number of phenolic OH excluding ortho intramolecular Hbond substituents is 1. The maximum Gasteiger partial charge on any atom is 0.329 e. The van der Waals surface area contributed by atoms with E-state index in [1.165, 1.54) is 23.1 Å². The maximum absolute atomic E-state index is 12.2. The van der Waals surface area contributed by atoms with Crippen molar-refractivity contribution in [2.75, 3.05) is 31.6 Å². The van der Waals surface area contributed by atoms with E-state index in [9.17, 15) is 19.5 Å². The van der Waals surface area contributed by atoms with Gasteiger partial charge in [0.05, 0.1) is 11.6 Å². The number of benzene rings is 1. The highest BCUT2D eigenvalue weighted by molar-refractivity contribution is 6.31.